The van der Waals surface area contributed by atoms with E-state index < -0.39 is 8.80 Å². The van der Waals surface area contributed by atoms with Crippen LogP contribution in [0.4, 0.5) is 0 Å². The highest BCUT2D eigenvalue weighted by Crippen LogP contribution is 2.18. The fourth-order valence-electron chi connectivity index (χ4n) is 0.991. The summed E-state index contributed by atoms with van der Waals surface area (Å²) in [6.45, 7) is 0. The Labute approximate surface area is 92.3 Å². The Morgan fingerprint density at radius 3 is 1.92 bits per heavy atom. The van der Waals surface area contributed by atoms with E-state index in [0.717, 1.165) is 18.2 Å². The Kier molecular flexibility index (Phi) is 7.57. The lowest BCUT2D eigenvalue weighted by atomic mass is 10.4. The van der Waals surface area contributed by atoms with Crippen LogP contribution in [0.5, 0.6) is 0 Å². The van der Waals surface area contributed by atoms with Crippen LogP contribution < -0.4 is 0 Å². The Hall–Kier alpha value is 0.797. The maximum atomic E-state index is 5.27. The van der Waals surface area contributed by atoms with Gasteiger partial charge in [0.2, 0.25) is 0 Å². The average molecular weight is 242 g/mol. The van der Waals surface area contributed by atoms with Gasteiger partial charge in [0.05, 0.1) is 0 Å². The second-order valence-electron chi connectivity index (χ2n) is 2.67. The van der Waals surface area contributed by atoms with Crippen LogP contribution in [-0.2, 0) is 13.3 Å². The minimum atomic E-state index is -2.38. The largest absolute Gasteiger partial charge is 0.500 e. The molecule has 0 heterocycles. The van der Waals surface area contributed by atoms with Gasteiger partial charge >= 0.3 is 8.80 Å². The third-order valence-corrected chi connectivity index (χ3v) is 5.86. The normalized spacial score (nSPS) is 14.5. The molecular weight excluding hydrogens is 224 g/mol. The zero-order valence-electron chi connectivity index (χ0n) is 8.32. The van der Waals surface area contributed by atoms with E-state index in [0.29, 0.717) is 0 Å². The fraction of sp³-hybridized carbons (Fsp3) is 1.00. The summed E-state index contributed by atoms with van der Waals surface area (Å²) < 4.78 is 15.8. The zero-order chi connectivity index (χ0) is 10.3. The van der Waals surface area contributed by atoms with E-state index in [-0.39, 0.29) is 5.25 Å². The minimum Gasteiger partial charge on any atom is -0.377 e. The first kappa shape index (κ1) is 13.8. The molecule has 1 atom stereocenters. The van der Waals surface area contributed by atoms with Gasteiger partial charge < -0.3 is 13.3 Å². The smallest absolute Gasteiger partial charge is 0.377 e. The van der Waals surface area contributed by atoms with Gasteiger partial charge in [-0.05, 0) is 6.42 Å². The van der Waals surface area contributed by atoms with E-state index in [4.69, 9.17) is 13.3 Å². The van der Waals surface area contributed by atoms with E-state index in [1.54, 1.807) is 21.3 Å². The van der Waals surface area contributed by atoms with Crippen LogP contribution in [0.2, 0.25) is 6.04 Å². The van der Waals surface area contributed by atoms with Crippen LogP contribution >= 0.6 is 25.3 Å². The maximum absolute atomic E-state index is 5.27. The van der Waals surface area contributed by atoms with Crippen LogP contribution in [0.15, 0.2) is 0 Å². The monoisotopic (exact) mass is 242 g/mol. The predicted octanol–water partition coefficient (Wildman–Crippen LogP) is 1.48. The zero-order valence-corrected chi connectivity index (χ0v) is 11.1. The third-order valence-electron chi connectivity index (χ3n) is 1.93. The first-order chi connectivity index (χ1) is 6.14. The topological polar surface area (TPSA) is 27.7 Å². The Morgan fingerprint density at radius 1 is 1.15 bits per heavy atom. The third kappa shape index (κ3) is 4.71. The number of hydrogen-bond donors (Lipinski definition) is 2. The summed E-state index contributed by atoms with van der Waals surface area (Å²) in [6, 6.07) is 0.783. The molecule has 0 spiro atoms. The molecule has 0 saturated heterocycles. The molecule has 0 N–H and O–H groups in total. The summed E-state index contributed by atoms with van der Waals surface area (Å²) in [5, 5.41) is 0.274. The van der Waals surface area contributed by atoms with Crippen LogP contribution in [0.3, 0.4) is 0 Å². The fourth-order valence-corrected chi connectivity index (χ4v) is 3.36. The molecule has 80 valence electrons. The maximum Gasteiger partial charge on any atom is 0.500 e. The van der Waals surface area contributed by atoms with Gasteiger partial charge in [-0.25, -0.2) is 0 Å². The standard InChI is InChI=1S/C7H18O3S2Si/c1-8-13(9-2,10-3)5-4-7(12)6-11/h7,11-12H,4-6H2,1-3H3. The van der Waals surface area contributed by atoms with Gasteiger partial charge in [-0.2, -0.15) is 25.3 Å². The van der Waals surface area contributed by atoms with Crippen molar-refractivity contribution in [2.45, 2.75) is 17.7 Å². The molecule has 0 amide bonds. The molecule has 13 heavy (non-hydrogen) atoms. The summed E-state index contributed by atoms with van der Waals surface area (Å²) in [4.78, 5) is 0. The van der Waals surface area contributed by atoms with Gasteiger partial charge in [-0.3, -0.25) is 0 Å². The molecule has 0 aliphatic carbocycles. The van der Waals surface area contributed by atoms with Crippen LogP contribution in [-0.4, -0.2) is 41.1 Å². The number of hydrogen-bond acceptors (Lipinski definition) is 5. The quantitative estimate of drug-likeness (QED) is 0.523. The molecule has 0 aliphatic heterocycles. The average Bonchev–Trinajstić information content (AvgIpc) is 2.20. The molecule has 0 radical (unpaired) electrons. The lowest BCUT2D eigenvalue weighted by molar-refractivity contribution is 0.123. The van der Waals surface area contributed by atoms with Crippen molar-refractivity contribution in [3.05, 3.63) is 0 Å². The number of thiol groups is 2. The molecule has 0 aromatic heterocycles. The molecule has 0 fully saturated rings. The Balaban J connectivity index is 3.95. The lowest BCUT2D eigenvalue weighted by Crippen LogP contribution is -2.43. The molecule has 0 saturated carbocycles. The molecule has 1 unspecified atom stereocenters. The molecule has 0 aliphatic rings. The minimum absolute atomic E-state index is 0.274. The van der Waals surface area contributed by atoms with Crippen molar-refractivity contribution in [3.63, 3.8) is 0 Å². The van der Waals surface area contributed by atoms with Crippen molar-refractivity contribution in [2.24, 2.45) is 0 Å². The van der Waals surface area contributed by atoms with Gasteiger partial charge in [0.25, 0.3) is 0 Å². The van der Waals surface area contributed by atoms with Gasteiger partial charge in [0, 0.05) is 38.4 Å². The summed E-state index contributed by atoms with van der Waals surface area (Å²) >= 11 is 8.49. The van der Waals surface area contributed by atoms with E-state index in [1.807, 2.05) is 0 Å². The molecule has 0 rings (SSSR count). The molecule has 0 aromatic rings. The van der Waals surface area contributed by atoms with Crippen molar-refractivity contribution < 1.29 is 13.3 Å². The first-order valence-electron chi connectivity index (χ1n) is 4.08. The highest BCUT2D eigenvalue weighted by Gasteiger charge is 2.37. The highest BCUT2D eigenvalue weighted by molar-refractivity contribution is 7.84. The van der Waals surface area contributed by atoms with Gasteiger partial charge in [-0.1, -0.05) is 0 Å². The second kappa shape index (κ2) is 7.14. The van der Waals surface area contributed by atoms with E-state index in [9.17, 15) is 0 Å². The summed E-state index contributed by atoms with van der Waals surface area (Å²) in [7, 11) is 2.48. The van der Waals surface area contributed by atoms with E-state index >= 15 is 0 Å². The summed E-state index contributed by atoms with van der Waals surface area (Å²) in [6.07, 6.45) is 0.897. The van der Waals surface area contributed by atoms with Crippen molar-refractivity contribution in [2.75, 3.05) is 27.1 Å². The lowest BCUT2D eigenvalue weighted by Gasteiger charge is -2.25. The van der Waals surface area contributed by atoms with Crippen LogP contribution in [0, 0.1) is 0 Å². The van der Waals surface area contributed by atoms with Gasteiger partial charge in [-0.15, -0.1) is 0 Å². The van der Waals surface area contributed by atoms with Gasteiger partial charge in [0.1, 0.15) is 0 Å². The molecule has 3 nitrogen and oxygen atoms in total. The Bertz CT molecular complexity index is 125. The van der Waals surface area contributed by atoms with E-state index in [1.165, 1.54) is 0 Å². The Morgan fingerprint density at radius 2 is 1.62 bits per heavy atom. The summed E-state index contributed by atoms with van der Waals surface area (Å²) in [5.74, 6) is 0.755. The summed E-state index contributed by atoms with van der Waals surface area (Å²) in [5.41, 5.74) is 0. The molecule has 0 aromatic carbocycles. The first-order valence-corrected chi connectivity index (χ1v) is 7.16. The van der Waals surface area contributed by atoms with Crippen molar-refractivity contribution in [3.8, 4) is 0 Å². The van der Waals surface area contributed by atoms with Crippen molar-refractivity contribution in [1.82, 2.24) is 0 Å². The second-order valence-corrected chi connectivity index (χ2v) is 6.86. The molecule has 0 bridgehead atoms. The SMILES string of the molecule is CO[Si](CCC(S)CS)(OC)OC. The van der Waals surface area contributed by atoms with Crippen molar-refractivity contribution >= 4 is 34.1 Å². The van der Waals surface area contributed by atoms with Crippen molar-refractivity contribution in [1.29, 1.82) is 0 Å². The predicted molar refractivity (Wildman–Crippen MR) is 62.8 cm³/mol. The molecule has 6 heteroatoms. The highest BCUT2D eigenvalue weighted by atomic mass is 32.1. The van der Waals surface area contributed by atoms with E-state index in [2.05, 4.69) is 25.3 Å². The van der Waals surface area contributed by atoms with Crippen LogP contribution in [0.1, 0.15) is 6.42 Å². The van der Waals surface area contributed by atoms with Gasteiger partial charge in [0.15, 0.2) is 0 Å². The number of rotatable bonds is 7. The van der Waals surface area contributed by atoms with Crippen LogP contribution in [0.25, 0.3) is 0 Å². The molecular formula is C7H18O3S2Si.